The second-order valence-corrected chi connectivity index (χ2v) is 3.48. The number of methoxy groups -OCH3 is 1. The van der Waals surface area contributed by atoms with E-state index in [0.29, 0.717) is 19.6 Å². The van der Waals surface area contributed by atoms with Crippen molar-refractivity contribution in [3.63, 3.8) is 0 Å². The molecule has 0 fully saturated rings. The number of carbonyl (C=O) groups excluding carboxylic acids is 1. The summed E-state index contributed by atoms with van der Waals surface area (Å²) in [7, 11) is 1.39. The van der Waals surface area contributed by atoms with Crippen LogP contribution in [-0.2, 0) is 16.0 Å². The Morgan fingerprint density at radius 1 is 1.44 bits per heavy atom. The Kier molecular flexibility index (Phi) is 4.79. The summed E-state index contributed by atoms with van der Waals surface area (Å²) in [6, 6.07) is 5.60. The average Bonchev–Trinajstić information content (AvgIpc) is 2.29. The summed E-state index contributed by atoms with van der Waals surface area (Å²) in [5.74, 6) is 0.537. The van der Waals surface area contributed by atoms with E-state index in [9.17, 15) is 4.79 Å². The quantitative estimate of drug-likeness (QED) is 0.758. The largest absolute Gasteiger partial charge is 0.492 e. The molecule has 4 nitrogen and oxygen atoms in total. The predicted octanol–water partition coefficient (Wildman–Crippen LogP) is 1.05. The molecule has 4 heteroatoms. The van der Waals surface area contributed by atoms with Gasteiger partial charge in [-0.1, -0.05) is 6.07 Å². The molecule has 88 valence electrons. The summed E-state index contributed by atoms with van der Waals surface area (Å²) < 4.78 is 10.00. The molecule has 0 bridgehead atoms. The molecule has 1 rings (SSSR count). The molecule has 0 aromatic heterocycles. The van der Waals surface area contributed by atoms with E-state index in [1.807, 2.05) is 25.1 Å². The van der Waals surface area contributed by atoms with Crippen molar-refractivity contribution < 1.29 is 14.3 Å². The number of aryl methyl sites for hydroxylation is 1. The Bertz CT molecular complexity index is 363. The van der Waals surface area contributed by atoms with Crippen LogP contribution in [0.2, 0.25) is 0 Å². The molecule has 1 aromatic rings. The summed E-state index contributed by atoms with van der Waals surface area (Å²) in [5, 5.41) is 0. The summed E-state index contributed by atoms with van der Waals surface area (Å²) in [5.41, 5.74) is 7.31. The maximum atomic E-state index is 11.1. The number of hydrogen-bond donors (Lipinski definition) is 1. The van der Waals surface area contributed by atoms with E-state index < -0.39 is 0 Å². The van der Waals surface area contributed by atoms with E-state index in [1.165, 1.54) is 7.11 Å². The minimum absolute atomic E-state index is 0.237. The van der Waals surface area contributed by atoms with Gasteiger partial charge in [-0.3, -0.25) is 4.79 Å². The molecule has 0 aliphatic rings. The first kappa shape index (κ1) is 12.5. The van der Waals surface area contributed by atoms with Gasteiger partial charge >= 0.3 is 5.97 Å². The number of carbonyl (C=O) groups is 1. The zero-order valence-corrected chi connectivity index (χ0v) is 9.66. The van der Waals surface area contributed by atoms with Crippen LogP contribution in [0.15, 0.2) is 18.2 Å². The molecule has 0 spiro atoms. The molecule has 0 aliphatic heterocycles. The highest BCUT2D eigenvalue weighted by Gasteiger charge is 2.06. The zero-order chi connectivity index (χ0) is 12.0. The normalized spacial score (nSPS) is 9.94. The molecule has 1 aromatic carbocycles. The van der Waals surface area contributed by atoms with Gasteiger partial charge in [0.05, 0.1) is 13.5 Å². The Morgan fingerprint density at radius 2 is 2.19 bits per heavy atom. The number of esters is 1. The van der Waals surface area contributed by atoms with Crippen LogP contribution in [0.1, 0.15) is 11.1 Å². The van der Waals surface area contributed by atoms with E-state index in [-0.39, 0.29) is 5.97 Å². The molecule has 0 saturated carbocycles. The van der Waals surface area contributed by atoms with Crippen molar-refractivity contribution in [2.45, 2.75) is 13.3 Å². The molecule has 0 amide bonds. The number of ether oxygens (including phenoxy) is 2. The molecule has 0 atom stereocenters. The predicted molar refractivity (Wildman–Crippen MR) is 61.4 cm³/mol. The maximum absolute atomic E-state index is 11.1. The highest BCUT2D eigenvalue weighted by Crippen LogP contribution is 2.17. The van der Waals surface area contributed by atoms with E-state index >= 15 is 0 Å². The Morgan fingerprint density at radius 3 is 2.75 bits per heavy atom. The van der Waals surface area contributed by atoms with Crippen LogP contribution in [0.5, 0.6) is 5.75 Å². The monoisotopic (exact) mass is 223 g/mol. The van der Waals surface area contributed by atoms with Crippen LogP contribution in [0.3, 0.4) is 0 Å². The first-order valence-electron chi connectivity index (χ1n) is 5.16. The third-order valence-corrected chi connectivity index (χ3v) is 2.26. The van der Waals surface area contributed by atoms with Crippen molar-refractivity contribution in [1.29, 1.82) is 0 Å². The second-order valence-electron chi connectivity index (χ2n) is 3.48. The Labute approximate surface area is 95.3 Å². The van der Waals surface area contributed by atoms with Crippen LogP contribution in [-0.4, -0.2) is 26.2 Å². The van der Waals surface area contributed by atoms with Crippen molar-refractivity contribution in [3.8, 4) is 5.75 Å². The summed E-state index contributed by atoms with van der Waals surface area (Å²) in [6.07, 6.45) is 0.291. The minimum Gasteiger partial charge on any atom is -0.492 e. The lowest BCUT2D eigenvalue weighted by Gasteiger charge is -2.08. The first-order chi connectivity index (χ1) is 7.67. The molecule has 16 heavy (non-hydrogen) atoms. The van der Waals surface area contributed by atoms with Gasteiger partial charge < -0.3 is 15.2 Å². The number of benzene rings is 1. The minimum atomic E-state index is -0.237. The van der Waals surface area contributed by atoms with Gasteiger partial charge in [0.2, 0.25) is 0 Å². The fourth-order valence-corrected chi connectivity index (χ4v) is 1.36. The van der Waals surface area contributed by atoms with Crippen molar-refractivity contribution in [2.75, 3.05) is 20.3 Å². The smallest absolute Gasteiger partial charge is 0.309 e. The van der Waals surface area contributed by atoms with Crippen molar-refractivity contribution >= 4 is 5.97 Å². The molecule has 0 heterocycles. The fourth-order valence-electron chi connectivity index (χ4n) is 1.36. The molecule has 2 N–H and O–H groups in total. The van der Waals surface area contributed by atoms with Crippen molar-refractivity contribution in [1.82, 2.24) is 0 Å². The van der Waals surface area contributed by atoms with E-state index in [0.717, 1.165) is 16.9 Å². The van der Waals surface area contributed by atoms with Gasteiger partial charge in [0, 0.05) is 6.54 Å². The lowest BCUT2D eigenvalue weighted by molar-refractivity contribution is -0.139. The van der Waals surface area contributed by atoms with Gasteiger partial charge in [0.15, 0.2) is 0 Å². The summed E-state index contributed by atoms with van der Waals surface area (Å²) in [4.78, 5) is 11.1. The Balaban J connectivity index is 2.71. The first-order valence-corrected chi connectivity index (χ1v) is 5.16. The van der Waals surface area contributed by atoms with Crippen molar-refractivity contribution in [2.24, 2.45) is 5.73 Å². The highest BCUT2D eigenvalue weighted by atomic mass is 16.5. The third kappa shape index (κ3) is 3.55. The van der Waals surface area contributed by atoms with Gasteiger partial charge in [0.1, 0.15) is 12.4 Å². The lowest BCUT2D eigenvalue weighted by atomic mass is 10.1. The second kappa shape index (κ2) is 6.12. The number of rotatable bonds is 5. The standard InChI is InChI=1S/C12H17NO3/c1-9-7-11(16-6-5-13)4-3-10(9)8-12(14)15-2/h3-4,7H,5-6,8,13H2,1-2H3. The van der Waals surface area contributed by atoms with Crippen LogP contribution in [0.4, 0.5) is 0 Å². The molecular formula is C12H17NO3. The van der Waals surface area contributed by atoms with Gasteiger partial charge in [-0.15, -0.1) is 0 Å². The molecular weight excluding hydrogens is 206 g/mol. The van der Waals surface area contributed by atoms with Gasteiger partial charge in [-0.25, -0.2) is 0 Å². The van der Waals surface area contributed by atoms with Gasteiger partial charge in [0.25, 0.3) is 0 Å². The van der Waals surface area contributed by atoms with Gasteiger partial charge in [-0.05, 0) is 30.2 Å². The van der Waals surface area contributed by atoms with Crippen molar-refractivity contribution in [3.05, 3.63) is 29.3 Å². The number of hydrogen-bond acceptors (Lipinski definition) is 4. The van der Waals surface area contributed by atoms with Crippen LogP contribution in [0, 0.1) is 6.92 Å². The molecule has 0 saturated heterocycles. The highest BCUT2D eigenvalue weighted by molar-refractivity contribution is 5.73. The third-order valence-electron chi connectivity index (χ3n) is 2.26. The lowest BCUT2D eigenvalue weighted by Crippen LogP contribution is -2.11. The SMILES string of the molecule is COC(=O)Cc1ccc(OCCN)cc1C. The summed E-state index contributed by atoms with van der Waals surface area (Å²) >= 11 is 0. The maximum Gasteiger partial charge on any atom is 0.309 e. The van der Waals surface area contributed by atoms with E-state index in [2.05, 4.69) is 4.74 Å². The molecule has 0 radical (unpaired) electrons. The van der Waals surface area contributed by atoms with Crippen LogP contribution < -0.4 is 10.5 Å². The molecule has 0 unspecified atom stereocenters. The van der Waals surface area contributed by atoms with Crippen LogP contribution >= 0.6 is 0 Å². The molecule has 0 aliphatic carbocycles. The number of nitrogens with two attached hydrogens (primary N) is 1. The van der Waals surface area contributed by atoms with E-state index in [1.54, 1.807) is 0 Å². The van der Waals surface area contributed by atoms with E-state index in [4.69, 9.17) is 10.5 Å². The van der Waals surface area contributed by atoms with Gasteiger partial charge in [-0.2, -0.15) is 0 Å². The topological polar surface area (TPSA) is 61.5 Å². The summed E-state index contributed by atoms with van der Waals surface area (Å²) in [6.45, 7) is 2.92. The zero-order valence-electron chi connectivity index (χ0n) is 9.66. The van der Waals surface area contributed by atoms with Crippen LogP contribution in [0.25, 0.3) is 0 Å². The average molecular weight is 223 g/mol. The Hall–Kier alpha value is -1.55. The fraction of sp³-hybridized carbons (Fsp3) is 0.417.